The minimum atomic E-state index is -4.35. The number of nitrogens with two attached hydrogens (primary N) is 1. The third-order valence-corrected chi connectivity index (χ3v) is 4.00. The van der Waals surface area contributed by atoms with Gasteiger partial charge in [-0.1, -0.05) is 5.16 Å². The molecule has 0 saturated heterocycles. The SMILES string of the molecule is Cc1noc(CCNS(=O)(=O)c2c(F)cc(N)cc2F)n1. The molecule has 114 valence electrons. The highest BCUT2D eigenvalue weighted by Crippen LogP contribution is 2.21. The summed E-state index contributed by atoms with van der Waals surface area (Å²) in [5.74, 6) is -1.89. The summed E-state index contributed by atoms with van der Waals surface area (Å²) in [6, 6.07) is 1.47. The summed E-state index contributed by atoms with van der Waals surface area (Å²) >= 11 is 0. The lowest BCUT2D eigenvalue weighted by molar-refractivity contribution is 0.374. The molecule has 2 rings (SSSR count). The van der Waals surface area contributed by atoms with E-state index in [-0.39, 0.29) is 24.5 Å². The molecule has 0 aliphatic heterocycles. The Kier molecular flexibility index (Phi) is 4.19. The maximum Gasteiger partial charge on any atom is 0.246 e. The first kappa shape index (κ1) is 15.3. The molecule has 1 heterocycles. The number of rotatable bonds is 5. The highest BCUT2D eigenvalue weighted by molar-refractivity contribution is 7.89. The van der Waals surface area contributed by atoms with Gasteiger partial charge in [0.05, 0.1) is 0 Å². The summed E-state index contributed by atoms with van der Waals surface area (Å²) in [4.78, 5) is 2.80. The Morgan fingerprint density at radius 1 is 1.33 bits per heavy atom. The first-order valence-electron chi connectivity index (χ1n) is 5.83. The number of nitrogens with one attached hydrogen (secondary N) is 1. The Labute approximate surface area is 119 Å². The molecule has 0 fully saturated rings. The number of hydrogen-bond donors (Lipinski definition) is 2. The maximum atomic E-state index is 13.6. The van der Waals surface area contributed by atoms with Gasteiger partial charge in [-0.2, -0.15) is 4.98 Å². The molecule has 1 aromatic heterocycles. The molecule has 0 bridgehead atoms. The molecule has 3 N–H and O–H groups in total. The van der Waals surface area contributed by atoms with Crippen LogP contribution in [-0.4, -0.2) is 25.1 Å². The Bertz CT molecular complexity index is 738. The molecule has 0 atom stereocenters. The number of anilines is 1. The summed E-state index contributed by atoms with van der Waals surface area (Å²) in [7, 11) is -4.35. The Morgan fingerprint density at radius 2 is 1.95 bits per heavy atom. The minimum absolute atomic E-state index is 0.0955. The van der Waals surface area contributed by atoms with Crippen molar-refractivity contribution in [3.63, 3.8) is 0 Å². The van der Waals surface area contributed by atoms with Crippen molar-refractivity contribution in [2.24, 2.45) is 0 Å². The van der Waals surface area contributed by atoms with E-state index in [1.807, 2.05) is 0 Å². The lowest BCUT2D eigenvalue weighted by atomic mass is 10.3. The molecule has 1 aromatic carbocycles. The standard InChI is InChI=1S/C11H12F2N4O3S/c1-6-16-10(20-17-6)2-3-15-21(18,19)11-8(12)4-7(14)5-9(11)13/h4-5,15H,2-3,14H2,1H3. The molecule has 7 nitrogen and oxygen atoms in total. The van der Waals surface area contributed by atoms with E-state index in [9.17, 15) is 17.2 Å². The lowest BCUT2D eigenvalue weighted by Crippen LogP contribution is -2.28. The number of aromatic nitrogens is 2. The van der Waals surface area contributed by atoms with Crippen LogP contribution in [0.5, 0.6) is 0 Å². The topological polar surface area (TPSA) is 111 Å². The first-order valence-corrected chi connectivity index (χ1v) is 7.31. The fourth-order valence-corrected chi connectivity index (χ4v) is 2.79. The number of halogens is 2. The van der Waals surface area contributed by atoms with Gasteiger partial charge in [0.1, 0.15) is 11.6 Å². The molecule has 2 aromatic rings. The van der Waals surface area contributed by atoms with Crippen LogP contribution in [0.1, 0.15) is 11.7 Å². The molecule has 0 aliphatic rings. The second kappa shape index (κ2) is 5.74. The molecule has 0 amide bonds. The van der Waals surface area contributed by atoms with E-state index in [0.29, 0.717) is 5.82 Å². The molecule has 0 aliphatic carbocycles. The average molecular weight is 318 g/mol. The molecule has 0 unspecified atom stereocenters. The van der Waals surface area contributed by atoms with Crippen molar-refractivity contribution in [3.05, 3.63) is 35.5 Å². The van der Waals surface area contributed by atoms with Crippen LogP contribution >= 0.6 is 0 Å². The molecule has 0 radical (unpaired) electrons. The third-order valence-electron chi connectivity index (χ3n) is 2.49. The van der Waals surface area contributed by atoms with Crippen LogP contribution in [0.4, 0.5) is 14.5 Å². The monoisotopic (exact) mass is 318 g/mol. The largest absolute Gasteiger partial charge is 0.399 e. The van der Waals surface area contributed by atoms with Crippen molar-refractivity contribution in [3.8, 4) is 0 Å². The molecular formula is C11H12F2N4O3S. The van der Waals surface area contributed by atoms with Gasteiger partial charge in [-0.15, -0.1) is 0 Å². The molecule has 0 saturated carbocycles. The van der Waals surface area contributed by atoms with Gasteiger partial charge < -0.3 is 10.3 Å². The van der Waals surface area contributed by atoms with Gasteiger partial charge in [0, 0.05) is 18.7 Å². The fourth-order valence-electron chi connectivity index (χ4n) is 1.64. The summed E-state index contributed by atoms with van der Waals surface area (Å²) in [5.41, 5.74) is 5.02. The van der Waals surface area contributed by atoms with Crippen molar-refractivity contribution >= 4 is 15.7 Å². The number of sulfonamides is 1. The lowest BCUT2D eigenvalue weighted by Gasteiger charge is -2.08. The van der Waals surface area contributed by atoms with E-state index in [2.05, 4.69) is 14.9 Å². The van der Waals surface area contributed by atoms with E-state index < -0.39 is 26.6 Å². The zero-order valence-electron chi connectivity index (χ0n) is 10.9. The maximum absolute atomic E-state index is 13.6. The Balaban J connectivity index is 2.12. The Hall–Kier alpha value is -2.07. The summed E-state index contributed by atoms with van der Waals surface area (Å²) in [5, 5.41) is 3.53. The van der Waals surface area contributed by atoms with Crippen LogP contribution < -0.4 is 10.5 Å². The number of nitrogens with zero attached hydrogens (tertiary/aromatic N) is 2. The van der Waals surface area contributed by atoms with Crippen LogP contribution in [0.2, 0.25) is 0 Å². The third kappa shape index (κ3) is 3.52. The van der Waals surface area contributed by atoms with Crippen molar-refractivity contribution in [1.29, 1.82) is 0 Å². The fraction of sp³-hybridized carbons (Fsp3) is 0.273. The second-order valence-electron chi connectivity index (χ2n) is 4.20. The van der Waals surface area contributed by atoms with Gasteiger partial charge in [0.25, 0.3) is 0 Å². The molecule has 21 heavy (non-hydrogen) atoms. The smallest absolute Gasteiger partial charge is 0.246 e. The highest BCUT2D eigenvalue weighted by atomic mass is 32.2. The van der Waals surface area contributed by atoms with Gasteiger partial charge in [0.15, 0.2) is 10.7 Å². The van der Waals surface area contributed by atoms with Crippen molar-refractivity contribution in [2.75, 3.05) is 12.3 Å². The normalized spacial score (nSPS) is 11.8. The zero-order valence-corrected chi connectivity index (χ0v) is 11.7. The van der Waals surface area contributed by atoms with Crippen molar-refractivity contribution < 1.29 is 21.7 Å². The highest BCUT2D eigenvalue weighted by Gasteiger charge is 2.24. The van der Waals surface area contributed by atoms with Gasteiger partial charge in [0.2, 0.25) is 15.9 Å². The summed E-state index contributed by atoms with van der Waals surface area (Å²) < 4.78 is 57.8. The molecule has 10 heteroatoms. The summed E-state index contributed by atoms with van der Waals surface area (Å²) in [6.07, 6.45) is 0.0955. The van der Waals surface area contributed by atoms with Crippen LogP contribution in [0.25, 0.3) is 0 Å². The van der Waals surface area contributed by atoms with E-state index in [0.717, 1.165) is 12.1 Å². The van der Waals surface area contributed by atoms with Gasteiger partial charge in [-0.3, -0.25) is 0 Å². The number of benzene rings is 1. The van der Waals surface area contributed by atoms with Crippen LogP contribution in [0.3, 0.4) is 0 Å². The van der Waals surface area contributed by atoms with Gasteiger partial charge >= 0.3 is 0 Å². The van der Waals surface area contributed by atoms with E-state index in [4.69, 9.17) is 10.3 Å². The molecule has 0 spiro atoms. The van der Waals surface area contributed by atoms with E-state index in [1.165, 1.54) is 0 Å². The van der Waals surface area contributed by atoms with Crippen molar-refractivity contribution in [1.82, 2.24) is 14.9 Å². The minimum Gasteiger partial charge on any atom is -0.399 e. The Morgan fingerprint density at radius 3 is 2.48 bits per heavy atom. The predicted octanol–water partition coefficient (Wildman–Crippen LogP) is 0.759. The number of nitrogen functional groups attached to an aromatic ring is 1. The average Bonchev–Trinajstić information content (AvgIpc) is 2.72. The number of aryl methyl sites for hydroxylation is 1. The van der Waals surface area contributed by atoms with Gasteiger partial charge in [-0.25, -0.2) is 21.9 Å². The van der Waals surface area contributed by atoms with Gasteiger partial charge in [-0.05, 0) is 19.1 Å². The van der Waals surface area contributed by atoms with E-state index in [1.54, 1.807) is 6.92 Å². The summed E-state index contributed by atoms with van der Waals surface area (Å²) in [6.45, 7) is 1.46. The quantitative estimate of drug-likeness (QED) is 0.787. The van der Waals surface area contributed by atoms with Crippen LogP contribution in [0.15, 0.2) is 21.6 Å². The zero-order chi connectivity index (χ0) is 15.6. The van der Waals surface area contributed by atoms with Crippen LogP contribution in [0, 0.1) is 18.6 Å². The predicted molar refractivity (Wildman–Crippen MR) is 68.7 cm³/mol. The van der Waals surface area contributed by atoms with Crippen LogP contribution in [-0.2, 0) is 16.4 Å². The van der Waals surface area contributed by atoms with E-state index >= 15 is 0 Å². The molecular weight excluding hydrogens is 306 g/mol. The number of hydrogen-bond acceptors (Lipinski definition) is 6. The van der Waals surface area contributed by atoms with Crippen molar-refractivity contribution in [2.45, 2.75) is 18.2 Å². The second-order valence-corrected chi connectivity index (χ2v) is 5.90. The first-order chi connectivity index (χ1) is 9.79.